The fourth-order valence-electron chi connectivity index (χ4n) is 3.08. The highest BCUT2D eigenvalue weighted by molar-refractivity contribution is 6.30. The summed E-state index contributed by atoms with van der Waals surface area (Å²) < 4.78 is 1.38. The normalized spacial score (nSPS) is 11.1. The molecule has 1 heterocycles. The van der Waals surface area contributed by atoms with Gasteiger partial charge in [0.2, 0.25) is 5.91 Å². The molecule has 0 saturated heterocycles. The van der Waals surface area contributed by atoms with Gasteiger partial charge in [-0.25, -0.2) is 4.98 Å². The molecular formula is C24H18ClN3O2. The van der Waals surface area contributed by atoms with Crippen LogP contribution >= 0.6 is 11.6 Å². The first-order chi connectivity index (χ1) is 14.6. The summed E-state index contributed by atoms with van der Waals surface area (Å²) in [6, 6.07) is 23.6. The maximum absolute atomic E-state index is 13.1. The van der Waals surface area contributed by atoms with Gasteiger partial charge in [0.15, 0.2) is 0 Å². The zero-order valence-corrected chi connectivity index (χ0v) is 16.7. The first-order valence-electron chi connectivity index (χ1n) is 9.38. The molecule has 4 rings (SSSR count). The minimum absolute atomic E-state index is 0.159. The zero-order valence-electron chi connectivity index (χ0n) is 16.0. The highest BCUT2D eigenvalue weighted by atomic mass is 35.5. The molecule has 148 valence electrons. The lowest BCUT2D eigenvalue weighted by molar-refractivity contribution is -0.116. The molecule has 6 heteroatoms. The van der Waals surface area contributed by atoms with Gasteiger partial charge in [-0.15, -0.1) is 0 Å². The van der Waals surface area contributed by atoms with Crippen molar-refractivity contribution in [3.05, 3.63) is 106 Å². The molecule has 0 atom stereocenters. The number of fused-ring (bicyclic) bond motifs is 1. The molecular weight excluding hydrogens is 398 g/mol. The quantitative estimate of drug-likeness (QED) is 0.506. The summed E-state index contributed by atoms with van der Waals surface area (Å²) >= 11 is 5.89. The Kier molecular flexibility index (Phi) is 5.72. The van der Waals surface area contributed by atoms with E-state index in [0.717, 1.165) is 5.56 Å². The number of aromatic nitrogens is 2. The fraction of sp³-hybridized carbons (Fsp3) is 0.0417. The Hall–Kier alpha value is -3.70. The average Bonchev–Trinajstić information content (AvgIpc) is 2.77. The Morgan fingerprint density at radius 2 is 1.63 bits per heavy atom. The maximum Gasteiger partial charge on any atom is 0.262 e. The summed E-state index contributed by atoms with van der Waals surface area (Å²) in [5.74, 6) is 0.0830. The second kappa shape index (κ2) is 8.76. The average molecular weight is 416 g/mol. The molecule has 0 aliphatic heterocycles. The lowest BCUT2D eigenvalue weighted by Gasteiger charge is -2.12. The van der Waals surface area contributed by atoms with Crippen LogP contribution in [0.15, 0.2) is 83.7 Å². The molecule has 1 amide bonds. The minimum Gasteiger partial charge on any atom is -0.325 e. The Bertz CT molecular complexity index is 1280. The van der Waals surface area contributed by atoms with E-state index in [1.54, 1.807) is 48.5 Å². The third-order valence-corrected chi connectivity index (χ3v) is 4.80. The fourth-order valence-corrected chi connectivity index (χ4v) is 3.20. The molecule has 4 aromatic rings. The highest BCUT2D eigenvalue weighted by Gasteiger charge is 2.13. The van der Waals surface area contributed by atoms with Gasteiger partial charge in [0.05, 0.1) is 10.9 Å². The molecule has 0 unspecified atom stereocenters. The van der Waals surface area contributed by atoms with Crippen molar-refractivity contribution in [2.24, 2.45) is 0 Å². The number of carbonyl (C=O) groups is 1. The van der Waals surface area contributed by atoms with E-state index in [1.807, 2.05) is 42.5 Å². The molecule has 0 radical (unpaired) electrons. The van der Waals surface area contributed by atoms with Crippen LogP contribution in [-0.2, 0) is 11.3 Å². The van der Waals surface area contributed by atoms with Crippen molar-refractivity contribution in [1.82, 2.24) is 9.55 Å². The van der Waals surface area contributed by atoms with Gasteiger partial charge in [0.1, 0.15) is 12.4 Å². The Morgan fingerprint density at radius 1 is 0.933 bits per heavy atom. The predicted molar refractivity (Wildman–Crippen MR) is 121 cm³/mol. The van der Waals surface area contributed by atoms with Gasteiger partial charge < -0.3 is 5.32 Å². The van der Waals surface area contributed by atoms with E-state index in [-0.39, 0.29) is 18.0 Å². The number of benzene rings is 3. The summed E-state index contributed by atoms with van der Waals surface area (Å²) in [6.45, 7) is -0.159. The molecule has 0 aliphatic carbocycles. The molecule has 30 heavy (non-hydrogen) atoms. The molecule has 1 aromatic heterocycles. The zero-order chi connectivity index (χ0) is 20.9. The van der Waals surface area contributed by atoms with E-state index in [4.69, 9.17) is 11.6 Å². The summed E-state index contributed by atoms with van der Waals surface area (Å²) in [4.78, 5) is 30.3. The van der Waals surface area contributed by atoms with E-state index in [0.29, 0.717) is 27.4 Å². The number of para-hydroxylation sites is 1. The Labute approximate surface area is 178 Å². The van der Waals surface area contributed by atoms with Crippen molar-refractivity contribution >= 4 is 46.3 Å². The van der Waals surface area contributed by atoms with E-state index in [1.165, 1.54) is 4.57 Å². The number of nitrogens with one attached hydrogen (secondary N) is 1. The van der Waals surface area contributed by atoms with E-state index in [2.05, 4.69) is 10.3 Å². The van der Waals surface area contributed by atoms with Crippen LogP contribution in [0.3, 0.4) is 0 Å². The van der Waals surface area contributed by atoms with E-state index >= 15 is 0 Å². The number of rotatable bonds is 5. The highest BCUT2D eigenvalue weighted by Crippen LogP contribution is 2.14. The van der Waals surface area contributed by atoms with Gasteiger partial charge in [0, 0.05) is 10.7 Å². The van der Waals surface area contributed by atoms with Crippen LogP contribution in [0.25, 0.3) is 23.1 Å². The molecule has 5 nitrogen and oxygen atoms in total. The van der Waals surface area contributed by atoms with Gasteiger partial charge in [0.25, 0.3) is 5.56 Å². The van der Waals surface area contributed by atoms with Crippen LogP contribution in [0.5, 0.6) is 0 Å². The van der Waals surface area contributed by atoms with Crippen LogP contribution in [0.2, 0.25) is 5.02 Å². The first-order valence-corrected chi connectivity index (χ1v) is 9.76. The van der Waals surface area contributed by atoms with Crippen molar-refractivity contribution in [3.8, 4) is 0 Å². The minimum atomic E-state index is -0.328. The molecule has 3 aromatic carbocycles. The third-order valence-electron chi connectivity index (χ3n) is 4.55. The van der Waals surface area contributed by atoms with Crippen molar-refractivity contribution in [2.45, 2.75) is 6.54 Å². The summed E-state index contributed by atoms with van der Waals surface area (Å²) in [5, 5.41) is 3.83. The molecule has 0 bridgehead atoms. The van der Waals surface area contributed by atoms with Crippen molar-refractivity contribution in [1.29, 1.82) is 0 Å². The van der Waals surface area contributed by atoms with Gasteiger partial charge >= 0.3 is 0 Å². The van der Waals surface area contributed by atoms with Gasteiger partial charge in [-0.3, -0.25) is 14.2 Å². The third kappa shape index (κ3) is 4.47. The van der Waals surface area contributed by atoms with Crippen molar-refractivity contribution in [2.75, 3.05) is 5.32 Å². The van der Waals surface area contributed by atoms with Crippen molar-refractivity contribution < 1.29 is 4.79 Å². The number of nitrogens with zero attached hydrogens (tertiary/aromatic N) is 2. The number of hydrogen-bond acceptors (Lipinski definition) is 3. The smallest absolute Gasteiger partial charge is 0.262 e. The van der Waals surface area contributed by atoms with E-state index in [9.17, 15) is 9.59 Å². The van der Waals surface area contributed by atoms with E-state index < -0.39 is 0 Å². The number of amides is 1. The predicted octanol–water partition coefficient (Wildman–Crippen LogP) is 4.86. The number of carbonyl (C=O) groups excluding carboxylic acids is 1. The summed E-state index contributed by atoms with van der Waals surface area (Å²) in [6.07, 6.45) is 3.61. The molecule has 0 spiro atoms. The number of halogens is 1. The lowest BCUT2D eigenvalue weighted by atomic mass is 10.2. The van der Waals surface area contributed by atoms with Crippen LogP contribution in [0.4, 0.5) is 5.69 Å². The van der Waals surface area contributed by atoms with Crippen LogP contribution in [-0.4, -0.2) is 15.5 Å². The Balaban J connectivity index is 1.70. The largest absolute Gasteiger partial charge is 0.325 e. The molecule has 0 aliphatic rings. The number of anilines is 1. The summed E-state index contributed by atoms with van der Waals surface area (Å²) in [7, 11) is 0. The van der Waals surface area contributed by atoms with Crippen LogP contribution in [0.1, 0.15) is 11.4 Å². The second-order valence-electron chi connectivity index (χ2n) is 6.68. The molecule has 0 saturated carbocycles. The SMILES string of the molecule is O=C(Cn1c(/C=C/c2ccccc2)nc2ccccc2c1=O)Nc1ccc(Cl)cc1. The monoisotopic (exact) mass is 415 g/mol. The summed E-state index contributed by atoms with van der Waals surface area (Å²) in [5.41, 5.74) is 1.90. The first kappa shape index (κ1) is 19.6. The van der Waals surface area contributed by atoms with Gasteiger partial charge in [-0.1, -0.05) is 60.1 Å². The topological polar surface area (TPSA) is 64.0 Å². The standard InChI is InChI=1S/C24H18ClN3O2/c25-18-11-13-19(14-12-18)26-23(29)16-28-22(15-10-17-6-2-1-3-7-17)27-21-9-5-4-8-20(21)24(28)30/h1-15H,16H2,(H,26,29)/b15-10+. The van der Waals surface area contributed by atoms with Gasteiger partial charge in [-0.05, 0) is 48.0 Å². The lowest BCUT2D eigenvalue weighted by Crippen LogP contribution is -2.30. The maximum atomic E-state index is 13.1. The Morgan fingerprint density at radius 3 is 2.40 bits per heavy atom. The van der Waals surface area contributed by atoms with Crippen LogP contribution < -0.4 is 10.9 Å². The molecule has 1 N–H and O–H groups in total. The molecule has 0 fully saturated rings. The van der Waals surface area contributed by atoms with Crippen LogP contribution in [0, 0.1) is 0 Å². The second-order valence-corrected chi connectivity index (χ2v) is 7.11. The number of hydrogen-bond donors (Lipinski definition) is 1. The van der Waals surface area contributed by atoms with Crippen molar-refractivity contribution in [3.63, 3.8) is 0 Å². The van der Waals surface area contributed by atoms with Gasteiger partial charge in [-0.2, -0.15) is 0 Å².